The summed E-state index contributed by atoms with van der Waals surface area (Å²) in [4.78, 5) is 42.3. The fraction of sp³-hybridized carbons (Fsp3) is 0.632. The molecule has 0 aromatic carbocycles. The van der Waals surface area contributed by atoms with Crippen LogP contribution in [0, 0.1) is 13.8 Å². The molecule has 0 aliphatic carbocycles. The van der Waals surface area contributed by atoms with E-state index >= 15 is 0 Å². The molecule has 2 aliphatic heterocycles. The second kappa shape index (κ2) is 7.61. The van der Waals surface area contributed by atoms with Crippen molar-refractivity contribution in [3.05, 3.63) is 33.2 Å². The number of rotatable bonds is 3. The summed E-state index contributed by atoms with van der Waals surface area (Å²) in [5.74, 6) is -0.349. The summed E-state index contributed by atoms with van der Waals surface area (Å²) >= 11 is 0. The zero-order valence-electron chi connectivity index (χ0n) is 15.8. The number of aryl methyl sites for hydroxylation is 2. The predicted molar refractivity (Wildman–Crippen MR) is 97.3 cm³/mol. The van der Waals surface area contributed by atoms with Crippen LogP contribution in [-0.2, 0) is 16.1 Å². The molecule has 142 valence electrons. The smallest absolute Gasteiger partial charge is 0.263 e. The molecule has 0 unspecified atom stereocenters. The first-order valence-corrected chi connectivity index (χ1v) is 9.34. The highest BCUT2D eigenvalue weighted by atomic mass is 16.5. The maximum Gasteiger partial charge on any atom is 0.263 e. The third kappa shape index (κ3) is 3.28. The number of carbonyl (C=O) groups is 2. The van der Waals surface area contributed by atoms with Crippen molar-refractivity contribution in [3.8, 4) is 0 Å². The van der Waals surface area contributed by atoms with Crippen molar-refractivity contribution in [1.82, 2.24) is 14.4 Å². The highest BCUT2D eigenvalue weighted by molar-refractivity contribution is 5.98. The Morgan fingerprint density at radius 2 is 1.88 bits per heavy atom. The molecule has 1 atom stereocenters. The van der Waals surface area contributed by atoms with Crippen molar-refractivity contribution in [3.63, 3.8) is 0 Å². The highest BCUT2D eigenvalue weighted by Crippen LogP contribution is 2.23. The van der Waals surface area contributed by atoms with E-state index in [9.17, 15) is 14.4 Å². The molecule has 1 aromatic rings. The Morgan fingerprint density at radius 1 is 1.19 bits per heavy atom. The Morgan fingerprint density at radius 3 is 2.54 bits per heavy atom. The molecule has 7 nitrogen and oxygen atoms in total. The van der Waals surface area contributed by atoms with Gasteiger partial charge in [-0.05, 0) is 45.2 Å². The lowest BCUT2D eigenvalue weighted by molar-refractivity contribution is -0.139. The van der Waals surface area contributed by atoms with E-state index in [0.29, 0.717) is 51.4 Å². The molecule has 0 saturated carbocycles. The first-order valence-electron chi connectivity index (χ1n) is 9.34. The summed E-state index contributed by atoms with van der Waals surface area (Å²) in [5, 5.41) is 0. The summed E-state index contributed by atoms with van der Waals surface area (Å²) < 4.78 is 6.91. The lowest BCUT2D eigenvalue weighted by Gasteiger charge is -2.32. The molecule has 0 bridgehead atoms. The van der Waals surface area contributed by atoms with Crippen LogP contribution in [0.2, 0.25) is 0 Å². The first kappa shape index (κ1) is 18.6. The van der Waals surface area contributed by atoms with E-state index in [0.717, 1.165) is 12.1 Å². The molecule has 0 radical (unpaired) electrons. The Kier molecular flexibility index (Phi) is 5.46. The van der Waals surface area contributed by atoms with Gasteiger partial charge in [0.15, 0.2) is 0 Å². The van der Waals surface area contributed by atoms with Crippen molar-refractivity contribution in [2.45, 2.75) is 46.2 Å². The monoisotopic (exact) mass is 361 g/mol. The van der Waals surface area contributed by atoms with Gasteiger partial charge < -0.3 is 19.1 Å². The number of aromatic nitrogens is 1. The quantitative estimate of drug-likeness (QED) is 0.804. The minimum atomic E-state index is -0.476. The average Bonchev–Trinajstić information content (AvgIpc) is 3.11. The molecule has 26 heavy (non-hydrogen) atoms. The molecule has 2 aliphatic rings. The van der Waals surface area contributed by atoms with Crippen LogP contribution in [0.5, 0.6) is 0 Å². The molecule has 3 rings (SSSR count). The summed E-state index contributed by atoms with van der Waals surface area (Å²) in [6.45, 7) is 8.75. The van der Waals surface area contributed by atoms with E-state index < -0.39 is 6.04 Å². The van der Waals surface area contributed by atoms with Crippen LogP contribution in [0.3, 0.4) is 0 Å². The topological polar surface area (TPSA) is 71.8 Å². The second-order valence-corrected chi connectivity index (χ2v) is 6.99. The molecule has 2 fully saturated rings. The lowest BCUT2D eigenvalue weighted by Crippen LogP contribution is -2.51. The zero-order chi connectivity index (χ0) is 18.8. The van der Waals surface area contributed by atoms with Crippen LogP contribution < -0.4 is 5.56 Å². The van der Waals surface area contributed by atoms with Crippen LogP contribution in [0.1, 0.15) is 41.4 Å². The van der Waals surface area contributed by atoms with Crippen LogP contribution in [0.4, 0.5) is 0 Å². The van der Waals surface area contributed by atoms with E-state index in [4.69, 9.17) is 4.74 Å². The fourth-order valence-electron chi connectivity index (χ4n) is 3.98. The van der Waals surface area contributed by atoms with Gasteiger partial charge in [-0.3, -0.25) is 14.4 Å². The van der Waals surface area contributed by atoms with Gasteiger partial charge in [-0.25, -0.2) is 0 Å². The zero-order valence-corrected chi connectivity index (χ0v) is 15.8. The van der Waals surface area contributed by atoms with E-state index in [1.54, 1.807) is 21.3 Å². The Balaban J connectivity index is 1.89. The molecule has 7 heteroatoms. The third-order valence-electron chi connectivity index (χ3n) is 5.36. The van der Waals surface area contributed by atoms with Crippen molar-refractivity contribution >= 4 is 11.8 Å². The summed E-state index contributed by atoms with van der Waals surface area (Å²) in [7, 11) is 0. The highest BCUT2D eigenvalue weighted by Gasteiger charge is 2.38. The molecule has 1 aromatic heterocycles. The number of morpholine rings is 1. The Bertz CT molecular complexity index is 765. The number of hydrogen-bond donors (Lipinski definition) is 0. The van der Waals surface area contributed by atoms with E-state index in [-0.39, 0.29) is 22.9 Å². The van der Waals surface area contributed by atoms with Crippen LogP contribution in [-0.4, -0.2) is 65.1 Å². The van der Waals surface area contributed by atoms with Crippen LogP contribution >= 0.6 is 0 Å². The van der Waals surface area contributed by atoms with Crippen molar-refractivity contribution in [2.24, 2.45) is 0 Å². The fourth-order valence-corrected chi connectivity index (χ4v) is 3.98. The van der Waals surface area contributed by atoms with Gasteiger partial charge in [0, 0.05) is 31.9 Å². The minimum absolute atomic E-state index is 0.0280. The summed E-state index contributed by atoms with van der Waals surface area (Å²) in [6.07, 6.45) is 1.42. The van der Waals surface area contributed by atoms with Crippen molar-refractivity contribution < 1.29 is 14.3 Å². The molecule has 0 spiro atoms. The molecule has 3 heterocycles. The molecule has 0 N–H and O–H groups in total. The van der Waals surface area contributed by atoms with Gasteiger partial charge in [-0.1, -0.05) is 0 Å². The molecule has 2 amide bonds. The van der Waals surface area contributed by atoms with Gasteiger partial charge in [0.05, 0.1) is 13.2 Å². The standard InChI is InChI=1S/C19H27N3O4/c1-4-21-14(3)12-13(2)16(18(21)24)19(25)22-7-5-6-15(22)17(23)20-8-10-26-11-9-20/h12,15H,4-11H2,1-3H3/t15-/m0/s1. The van der Waals surface area contributed by atoms with Gasteiger partial charge in [-0.2, -0.15) is 0 Å². The molecule has 2 saturated heterocycles. The maximum atomic E-state index is 13.2. The van der Waals surface area contributed by atoms with Gasteiger partial charge in [0.2, 0.25) is 5.91 Å². The Labute approximate surface area is 153 Å². The number of likely N-dealkylation sites (tertiary alicyclic amines) is 1. The largest absolute Gasteiger partial charge is 0.378 e. The molecular weight excluding hydrogens is 334 g/mol. The lowest BCUT2D eigenvalue weighted by atomic mass is 10.1. The third-order valence-corrected chi connectivity index (χ3v) is 5.36. The summed E-state index contributed by atoms with van der Waals surface area (Å²) in [6, 6.07) is 1.39. The van der Waals surface area contributed by atoms with Gasteiger partial charge in [0.25, 0.3) is 11.5 Å². The number of ether oxygens (including phenoxy) is 1. The molecular formula is C19H27N3O4. The first-order chi connectivity index (χ1) is 12.5. The van der Waals surface area contributed by atoms with Gasteiger partial charge in [-0.15, -0.1) is 0 Å². The predicted octanol–water partition coefficient (Wildman–Crippen LogP) is 0.948. The Hall–Kier alpha value is -2.15. The average molecular weight is 361 g/mol. The second-order valence-electron chi connectivity index (χ2n) is 6.99. The van der Waals surface area contributed by atoms with Crippen LogP contribution in [0.15, 0.2) is 10.9 Å². The van der Waals surface area contributed by atoms with Crippen molar-refractivity contribution in [2.75, 3.05) is 32.8 Å². The van der Waals surface area contributed by atoms with Gasteiger partial charge in [0.1, 0.15) is 11.6 Å². The van der Waals surface area contributed by atoms with Crippen LogP contribution in [0.25, 0.3) is 0 Å². The number of pyridine rings is 1. The maximum absolute atomic E-state index is 13.2. The van der Waals surface area contributed by atoms with E-state index in [1.165, 1.54) is 0 Å². The minimum Gasteiger partial charge on any atom is -0.378 e. The van der Waals surface area contributed by atoms with Crippen molar-refractivity contribution in [1.29, 1.82) is 0 Å². The van der Waals surface area contributed by atoms with E-state index in [2.05, 4.69) is 0 Å². The normalized spacial score (nSPS) is 20.5. The van der Waals surface area contributed by atoms with Gasteiger partial charge >= 0.3 is 0 Å². The SMILES string of the molecule is CCn1c(C)cc(C)c(C(=O)N2CCC[C@H]2C(=O)N2CCOCC2)c1=O. The summed E-state index contributed by atoms with van der Waals surface area (Å²) in [5.41, 5.74) is 1.44. The number of nitrogens with zero attached hydrogens (tertiary/aromatic N) is 3. The number of hydrogen-bond acceptors (Lipinski definition) is 4. The number of carbonyl (C=O) groups excluding carboxylic acids is 2. The number of amides is 2. The van der Waals surface area contributed by atoms with E-state index in [1.807, 2.05) is 19.9 Å².